The van der Waals surface area contributed by atoms with E-state index in [0.717, 1.165) is 0 Å². The minimum atomic E-state index is -0.151. The fourth-order valence-corrected chi connectivity index (χ4v) is 1.44. The third-order valence-corrected chi connectivity index (χ3v) is 2.56. The van der Waals surface area contributed by atoms with Crippen LogP contribution in [0.4, 0.5) is 5.69 Å². The summed E-state index contributed by atoms with van der Waals surface area (Å²) in [5, 5.41) is 3.94. The van der Waals surface area contributed by atoms with E-state index in [-0.39, 0.29) is 11.9 Å². The first-order valence-corrected chi connectivity index (χ1v) is 5.02. The van der Waals surface area contributed by atoms with Gasteiger partial charge in [-0.1, -0.05) is 0 Å². The number of nitrogens with zero attached hydrogens (tertiary/aromatic N) is 3. The number of aromatic nitrogens is 2. The zero-order valence-corrected chi connectivity index (χ0v) is 10.1. The molecule has 1 aromatic rings. The number of nitrogen functional groups attached to an aromatic ring is 1. The predicted molar refractivity (Wildman–Crippen MR) is 61.1 cm³/mol. The van der Waals surface area contributed by atoms with E-state index in [0.29, 0.717) is 18.0 Å². The van der Waals surface area contributed by atoms with Crippen molar-refractivity contribution in [1.82, 2.24) is 14.7 Å². The molecular weight excluding hydrogens is 208 g/mol. The molecule has 0 aromatic carbocycles. The van der Waals surface area contributed by atoms with Crippen LogP contribution in [0.2, 0.25) is 0 Å². The molecule has 6 heteroatoms. The fourth-order valence-electron chi connectivity index (χ4n) is 1.44. The first-order chi connectivity index (χ1) is 7.49. The zero-order chi connectivity index (χ0) is 12.3. The molecule has 1 unspecified atom stereocenters. The smallest absolute Gasteiger partial charge is 0.274 e. The first kappa shape index (κ1) is 12.5. The molecule has 16 heavy (non-hydrogen) atoms. The number of amides is 1. The third-order valence-electron chi connectivity index (χ3n) is 2.56. The number of likely N-dealkylation sites (N-methyl/N-ethyl adjacent to an activating group) is 1. The summed E-state index contributed by atoms with van der Waals surface area (Å²) in [7, 11) is 5.02. The number of aryl methyl sites for hydroxylation is 1. The summed E-state index contributed by atoms with van der Waals surface area (Å²) in [5.41, 5.74) is 6.49. The quantitative estimate of drug-likeness (QED) is 0.790. The van der Waals surface area contributed by atoms with Gasteiger partial charge in [-0.2, -0.15) is 5.10 Å². The van der Waals surface area contributed by atoms with Crippen LogP contribution < -0.4 is 5.73 Å². The van der Waals surface area contributed by atoms with Crippen LogP contribution in [0.3, 0.4) is 0 Å². The van der Waals surface area contributed by atoms with Crippen molar-refractivity contribution in [3.05, 3.63) is 11.9 Å². The number of methoxy groups -OCH3 is 1. The van der Waals surface area contributed by atoms with Gasteiger partial charge in [-0.05, 0) is 6.92 Å². The van der Waals surface area contributed by atoms with Crippen LogP contribution >= 0.6 is 0 Å². The molecule has 1 aromatic heterocycles. The van der Waals surface area contributed by atoms with Gasteiger partial charge in [0.1, 0.15) is 5.69 Å². The normalized spacial score (nSPS) is 12.5. The second-order valence-electron chi connectivity index (χ2n) is 3.79. The van der Waals surface area contributed by atoms with Gasteiger partial charge in [0, 0.05) is 21.2 Å². The Morgan fingerprint density at radius 2 is 2.38 bits per heavy atom. The van der Waals surface area contributed by atoms with E-state index in [9.17, 15) is 4.79 Å². The van der Waals surface area contributed by atoms with Crippen LogP contribution in [0.5, 0.6) is 0 Å². The van der Waals surface area contributed by atoms with E-state index >= 15 is 0 Å². The van der Waals surface area contributed by atoms with Crippen LogP contribution in [-0.2, 0) is 11.8 Å². The van der Waals surface area contributed by atoms with Crippen LogP contribution in [0.1, 0.15) is 17.4 Å². The number of hydrogen-bond acceptors (Lipinski definition) is 4. The summed E-state index contributed by atoms with van der Waals surface area (Å²) in [6, 6.07) is -0.00759. The van der Waals surface area contributed by atoms with Gasteiger partial charge in [-0.25, -0.2) is 0 Å². The molecule has 1 rings (SSSR count). The van der Waals surface area contributed by atoms with Crippen molar-refractivity contribution in [1.29, 1.82) is 0 Å². The Kier molecular flexibility index (Phi) is 3.89. The number of carbonyl (C=O) groups excluding carboxylic acids is 1. The number of hydrogen-bond donors (Lipinski definition) is 1. The Hall–Kier alpha value is -1.56. The van der Waals surface area contributed by atoms with Crippen molar-refractivity contribution >= 4 is 11.6 Å². The van der Waals surface area contributed by atoms with Crippen molar-refractivity contribution in [2.75, 3.05) is 26.5 Å². The monoisotopic (exact) mass is 226 g/mol. The standard InChI is InChI=1S/C10H18N4O2/c1-7(6-16-4)13(2)10(15)9-8(11)5-12-14(9)3/h5,7H,6,11H2,1-4H3. The molecule has 0 aliphatic rings. The highest BCUT2D eigenvalue weighted by Crippen LogP contribution is 2.13. The average Bonchev–Trinajstić information content (AvgIpc) is 2.57. The van der Waals surface area contributed by atoms with Gasteiger partial charge in [0.05, 0.1) is 24.5 Å². The molecule has 0 saturated carbocycles. The maximum absolute atomic E-state index is 12.1. The number of ether oxygens (including phenoxy) is 1. The fraction of sp³-hybridized carbons (Fsp3) is 0.600. The molecule has 6 nitrogen and oxygen atoms in total. The lowest BCUT2D eigenvalue weighted by Crippen LogP contribution is -2.39. The lowest BCUT2D eigenvalue weighted by Gasteiger charge is -2.24. The van der Waals surface area contributed by atoms with E-state index in [2.05, 4.69) is 5.10 Å². The Bertz CT molecular complexity index is 355. The zero-order valence-electron chi connectivity index (χ0n) is 10.1. The summed E-state index contributed by atoms with van der Waals surface area (Å²) in [4.78, 5) is 13.7. The highest BCUT2D eigenvalue weighted by atomic mass is 16.5. The Morgan fingerprint density at radius 1 is 1.75 bits per heavy atom. The molecule has 0 radical (unpaired) electrons. The summed E-state index contributed by atoms with van der Waals surface area (Å²) >= 11 is 0. The highest BCUT2D eigenvalue weighted by Gasteiger charge is 2.22. The van der Waals surface area contributed by atoms with Crippen molar-refractivity contribution in [3.8, 4) is 0 Å². The Morgan fingerprint density at radius 3 is 2.81 bits per heavy atom. The average molecular weight is 226 g/mol. The van der Waals surface area contributed by atoms with Crippen molar-refractivity contribution in [2.45, 2.75) is 13.0 Å². The number of carbonyl (C=O) groups is 1. The Labute approximate surface area is 95.0 Å². The lowest BCUT2D eigenvalue weighted by atomic mass is 10.2. The van der Waals surface area contributed by atoms with E-state index in [4.69, 9.17) is 10.5 Å². The number of anilines is 1. The topological polar surface area (TPSA) is 73.4 Å². The number of nitrogens with two attached hydrogens (primary N) is 1. The van der Waals surface area contributed by atoms with Crippen LogP contribution in [0, 0.1) is 0 Å². The maximum atomic E-state index is 12.1. The highest BCUT2D eigenvalue weighted by molar-refractivity contribution is 5.97. The van der Waals surface area contributed by atoms with Gasteiger partial charge >= 0.3 is 0 Å². The van der Waals surface area contributed by atoms with Crippen molar-refractivity contribution in [3.63, 3.8) is 0 Å². The van der Waals surface area contributed by atoms with Gasteiger partial charge in [0.2, 0.25) is 0 Å². The molecule has 0 aliphatic heterocycles. The van der Waals surface area contributed by atoms with Crippen molar-refractivity contribution in [2.24, 2.45) is 7.05 Å². The van der Waals surface area contributed by atoms with E-state index in [1.165, 1.54) is 10.9 Å². The molecule has 1 heterocycles. The maximum Gasteiger partial charge on any atom is 0.274 e. The molecule has 0 fully saturated rings. The molecule has 1 atom stereocenters. The number of rotatable bonds is 4. The molecule has 0 bridgehead atoms. The van der Waals surface area contributed by atoms with Crippen LogP contribution in [0.25, 0.3) is 0 Å². The largest absolute Gasteiger partial charge is 0.396 e. The summed E-state index contributed by atoms with van der Waals surface area (Å²) in [6.45, 7) is 2.40. The summed E-state index contributed by atoms with van der Waals surface area (Å²) in [5.74, 6) is -0.151. The molecule has 90 valence electrons. The lowest BCUT2D eigenvalue weighted by molar-refractivity contribution is 0.0624. The van der Waals surface area contributed by atoms with Crippen LogP contribution in [0.15, 0.2) is 6.20 Å². The van der Waals surface area contributed by atoms with Gasteiger partial charge in [0.15, 0.2) is 0 Å². The SMILES string of the molecule is COCC(C)N(C)C(=O)c1c(N)cnn1C. The second kappa shape index (κ2) is 4.98. The predicted octanol–water partition coefficient (Wildman–Crippen LogP) is 0.109. The molecule has 1 amide bonds. The minimum Gasteiger partial charge on any atom is -0.396 e. The molecule has 0 saturated heterocycles. The third kappa shape index (κ3) is 2.33. The van der Waals surface area contributed by atoms with Gasteiger partial charge in [0.25, 0.3) is 5.91 Å². The second-order valence-corrected chi connectivity index (χ2v) is 3.79. The molecular formula is C10H18N4O2. The molecule has 0 spiro atoms. The van der Waals surface area contributed by atoms with Gasteiger partial charge < -0.3 is 15.4 Å². The molecule has 0 aliphatic carbocycles. The Balaban J connectivity index is 2.86. The van der Waals surface area contributed by atoms with Crippen molar-refractivity contribution < 1.29 is 9.53 Å². The van der Waals surface area contributed by atoms with E-state index < -0.39 is 0 Å². The molecule has 2 N–H and O–H groups in total. The van der Waals surface area contributed by atoms with Crippen LogP contribution in [-0.4, -0.2) is 47.4 Å². The first-order valence-electron chi connectivity index (χ1n) is 5.02. The van der Waals surface area contributed by atoms with Gasteiger partial charge in [-0.15, -0.1) is 0 Å². The summed E-state index contributed by atoms with van der Waals surface area (Å²) in [6.07, 6.45) is 1.47. The van der Waals surface area contributed by atoms with E-state index in [1.807, 2.05) is 6.92 Å². The van der Waals surface area contributed by atoms with Gasteiger partial charge in [-0.3, -0.25) is 9.48 Å². The van der Waals surface area contributed by atoms with E-state index in [1.54, 1.807) is 26.1 Å². The minimum absolute atomic E-state index is 0.00759. The summed E-state index contributed by atoms with van der Waals surface area (Å²) < 4.78 is 6.49.